The summed E-state index contributed by atoms with van der Waals surface area (Å²) in [6, 6.07) is 21.1. The van der Waals surface area contributed by atoms with Gasteiger partial charge < -0.3 is 30.9 Å². The van der Waals surface area contributed by atoms with E-state index in [0.717, 1.165) is 13.1 Å². The maximum atomic E-state index is 10.4. The van der Waals surface area contributed by atoms with E-state index in [1.165, 1.54) is 118 Å². The van der Waals surface area contributed by atoms with E-state index in [9.17, 15) is 4.79 Å². The van der Waals surface area contributed by atoms with Gasteiger partial charge in [0.2, 0.25) is 0 Å². The summed E-state index contributed by atoms with van der Waals surface area (Å²) in [5.41, 5.74) is 11.4. The van der Waals surface area contributed by atoms with Crippen molar-refractivity contribution in [3.05, 3.63) is 72.3 Å². The Bertz CT molecular complexity index is 1170. The number of rotatable bonds is 17. The molecule has 240 valence electrons. The van der Waals surface area contributed by atoms with Gasteiger partial charge in [0.25, 0.3) is 0 Å². The van der Waals surface area contributed by atoms with Crippen LogP contribution >= 0.6 is 0 Å². The zero-order chi connectivity index (χ0) is 31.7. The minimum atomic E-state index is -1.10. The number of carboxylic acid groups (broad SMARTS) is 1. The fourth-order valence-corrected chi connectivity index (χ4v) is 5.72. The quantitative estimate of drug-likeness (QED) is 0.0900. The van der Waals surface area contributed by atoms with Crippen LogP contribution in [0.25, 0.3) is 0 Å². The van der Waals surface area contributed by atoms with Crippen molar-refractivity contribution in [3.63, 3.8) is 0 Å². The Kier molecular flexibility index (Phi) is 14.9. The zero-order valence-corrected chi connectivity index (χ0v) is 26.8. The maximum absolute atomic E-state index is 10.4. The predicted molar refractivity (Wildman–Crippen MR) is 183 cm³/mol. The van der Waals surface area contributed by atoms with E-state index in [1.807, 2.05) is 0 Å². The van der Waals surface area contributed by atoms with Crippen LogP contribution in [0, 0.1) is 0 Å². The summed E-state index contributed by atoms with van der Waals surface area (Å²) < 4.78 is 0. The Morgan fingerprint density at radius 1 is 0.636 bits per heavy atom. The molecule has 0 aromatic heterocycles. The Morgan fingerprint density at radius 3 is 1.43 bits per heavy atom. The fourth-order valence-electron chi connectivity index (χ4n) is 5.72. The van der Waals surface area contributed by atoms with Crippen LogP contribution in [0.5, 0.6) is 11.5 Å². The number of hydrogen-bond donors (Lipinski definition) is 4. The normalized spacial score (nSPS) is 12.6. The van der Waals surface area contributed by atoms with Crippen LogP contribution in [-0.2, 0) is 11.2 Å². The third-order valence-corrected chi connectivity index (χ3v) is 8.21. The molecular weight excluding hydrogens is 550 g/mol. The van der Waals surface area contributed by atoms with E-state index in [0.29, 0.717) is 5.56 Å². The molecule has 1 aliphatic heterocycles. The number of nitrogens with two attached hydrogens (primary N) is 1. The number of unbranched alkanes of at least 4 members (excludes halogenated alkanes) is 10. The largest absolute Gasteiger partial charge is 0.504 e. The number of aliphatic carboxylic acids is 1. The average Bonchev–Trinajstić information content (AvgIpc) is 3.03. The first kappa shape index (κ1) is 34.8. The Morgan fingerprint density at radius 2 is 1.05 bits per heavy atom. The second-order valence-electron chi connectivity index (χ2n) is 11.8. The van der Waals surface area contributed by atoms with E-state index in [-0.39, 0.29) is 17.9 Å². The predicted octanol–water partition coefficient (Wildman–Crippen LogP) is 9.05. The standard InChI is InChI=1S/C28H42N2.C9H11NO4/c1-3-5-7-9-11-17-23-29-25-19-13-15-21-27(25)30(24-18-12-10-8-6-4-2)28-22-16-14-20-26(28)29;10-6(9(13)14)3-5-1-2-7(11)8(12)4-5/h13-16,19-22H,3-12,17-18,23-24H2,1-2H3;1-2,4,6,11-12H,3,10H2,(H,13,14). The van der Waals surface area contributed by atoms with Crippen LogP contribution in [0.1, 0.15) is 96.5 Å². The van der Waals surface area contributed by atoms with E-state index >= 15 is 0 Å². The number of carbonyl (C=O) groups is 1. The molecule has 3 aromatic rings. The average molecular weight is 604 g/mol. The van der Waals surface area contributed by atoms with E-state index in [4.69, 9.17) is 21.1 Å². The molecule has 1 unspecified atom stereocenters. The molecule has 0 aliphatic carbocycles. The van der Waals surface area contributed by atoms with Gasteiger partial charge >= 0.3 is 5.97 Å². The van der Waals surface area contributed by atoms with Crippen molar-refractivity contribution < 1.29 is 20.1 Å². The summed E-state index contributed by atoms with van der Waals surface area (Å²) in [5, 5.41) is 26.6. The molecule has 0 amide bonds. The van der Waals surface area contributed by atoms with Crippen LogP contribution in [0.2, 0.25) is 0 Å². The van der Waals surface area contributed by atoms with Gasteiger partial charge in [0.05, 0.1) is 22.7 Å². The Hall–Kier alpha value is -3.71. The first-order valence-electron chi connectivity index (χ1n) is 16.6. The highest BCUT2D eigenvalue weighted by Crippen LogP contribution is 2.47. The highest BCUT2D eigenvalue weighted by Gasteiger charge is 2.27. The molecule has 7 heteroatoms. The summed E-state index contributed by atoms with van der Waals surface area (Å²) in [7, 11) is 0. The smallest absolute Gasteiger partial charge is 0.320 e. The molecule has 3 aromatic carbocycles. The Labute approximate surface area is 264 Å². The van der Waals surface area contributed by atoms with Crippen LogP contribution in [0.15, 0.2) is 66.7 Å². The van der Waals surface area contributed by atoms with Gasteiger partial charge in [-0.25, -0.2) is 0 Å². The minimum absolute atomic E-state index is 0.114. The SMILES string of the molecule is CCCCCCCCN1c2ccccc2N(CCCCCCCC)c2ccccc21.NC(Cc1ccc(O)c(O)c1)C(=O)O. The number of para-hydroxylation sites is 4. The van der Waals surface area contributed by atoms with E-state index < -0.39 is 12.0 Å². The third-order valence-electron chi connectivity index (χ3n) is 8.21. The first-order chi connectivity index (χ1) is 21.4. The molecule has 0 saturated carbocycles. The number of phenolic OH excluding ortho intramolecular Hbond substituents is 2. The van der Waals surface area contributed by atoms with Crippen molar-refractivity contribution in [2.24, 2.45) is 5.73 Å². The summed E-state index contributed by atoms with van der Waals surface area (Å²) in [6.45, 7) is 6.81. The number of nitrogens with zero attached hydrogens (tertiary/aromatic N) is 2. The highest BCUT2D eigenvalue weighted by atomic mass is 16.4. The lowest BCUT2D eigenvalue weighted by Gasteiger charge is -2.40. The summed E-state index contributed by atoms with van der Waals surface area (Å²) in [6.07, 6.45) is 16.2. The van der Waals surface area contributed by atoms with Gasteiger partial charge in [0.1, 0.15) is 6.04 Å². The molecule has 1 atom stereocenters. The molecule has 0 saturated heterocycles. The van der Waals surface area contributed by atoms with Crippen LogP contribution in [0.4, 0.5) is 22.7 Å². The van der Waals surface area contributed by atoms with Gasteiger partial charge in [-0.15, -0.1) is 0 Å². The number of aromatic hydroxyl groups is 2. The summed E-state index contributed by atoms with van der Waals surface area (Å²) in [5.74, 6) is -1.62. The molecule has 5 N–H and O–H groups in total. The zero-order valence-electron chi connectivity index (χ0n) is 26.8. The Balaban J connectivity index is 0.000000317. The molecule has 1 aliphatic rings. The van der Waals surface area contributed by atoms with Gasteiger partial charge in [0.15, 0.2) is 11.5 Å². The van der Waals surface area contributed by atoms with Gasteiger partial charge in [-0.2, -0.15) is 0 Å². The molecule has 0 bridgehead atoms. The second kappa shape index (κ2) is 18.8. The fraction of sp³-hybridized carbons (Fsp3) is 0.486. The van der Waals surface area contributed by atoms with Crippen LogP contribution < -0.4 is 15.5 Å². The third kappa shape index (κ3) is 10.5. The maximum Gasteiger partial charge on any atom is 0.320 e. The highest BCUT2D eigenvalue weighted by molar-refractivity contribution is 5.93. The molecule has 1 heterocycles. The van der Waals surface area contributed by atoms with Crippen LogP contribution in [0.3, 0.4) is 0 Å². The van der Waals surface area contributed by atoms with Gasteiger partial charge in [-0.05, 0) is 61.2 Å². The molecule has 44 heavy (non-hydrogen) atoms. The van der Waals surface area contributed by atoms with Crippen molar-refractivity contribution in [1.29, 1.82) is 0 Å². The van der Waals surface area contributed by atoms with Gasteiger partial charge in [-0.3, -0.25) is 4.79 Å². The molecule has 0 spiro atoms. The first-order valence-corrected chi connectivity index (χ1v) is 16.6. The van der Waals surface area contributed by atoms with Gasteiger partial charge in [-0.1, -0.05) is 108 Å². The number of carboxylic acids is 1. The van der Waals surface area contributed by atoms with Crippen molar-refractivity contribution in [1.82, 2.24) is 0 Å². The van der Waals surface area contributed by atoms with E-state index in [2.05, 4.69) is 72.2 Å². The summed E-state index contributed by atoms with van der Waals surface area (Å²) in [4.78, 5) is 15.6. The molecule has 0 fully saturated rings. The monoisotopic (exact) mass is 603 g/mol. The van der Waals surface area contributed by atoms with E-state index in [1.54, 1.807) is 0 Å². The lowest BCUT2D eigenvalue weighted by atomic mass is 10.0. The van der Waals surface area contributed by atoms with Gasteiger partial charge in [0, 0.05) is 13.1 Å². The van der Waals surface area contributed by atoms with Crippen molar-refractivity contribution in [3.8, 4) is 11.5 Å². The van der Waals surface area contributed by atoms with Crippen molar-refractivity contribution in [2.45, 2.75) is 103 Å². The molecular formula is C37H53N3O4. The number of anilines is 4. The number of hydrogen-bond acceptors (Lipinski definition) is 6. The van der Waals surface area contributed by atoms with Crippen molar-refractivity contribution >= 4 is 28.7 Å². The molecule has 0 radical (unpaired) electrons. The number of phenols is 2. The molecule has 7 nitrogen and oxygen atoms in total. The van der Waals surface area contributed by atoms with Crippen LogP contribution in [-0.4, -0.2) is 40.4 Å². The lowest BCUT2D eigenvalue weighted by molar-refractivity contribution is -0.138. The second-order valence-corrected chi connectivity index (χ2v) is 11.8. The number of fused-ring (bicyclic) bond motifs is 2. The lowest BCUT2D eigenvalue weighted by Crippen LogP contribution is -2.32. The number of benzene rings is 3. The molecule has 4 rings (SSSR count). The van der Waals surface area contributed by atoms with Crippen molar-refractivity contribution in [2.75, 3.05) is 22.9 Å². The minimum Gasteiger partial charge on any atom is -0.504 e. The summed E-state index contributed by atoms with van der Waals surface area (Å²) >= 11 is 0. The topological polar surface area (TPSA) is 110 Å².